The lowest BCUT2D eigenvalue weighted by atomic mass is 10.1. The molecule has 0 radical (unpaired) electrons. The second-order valence-corrected chi connectivity index (χ2v) is 6.74. The first-order chi connectivity index (χ1) is 11.0. The van der Waals surface area contributed by atoms with Crippen molar-refractivity contribution in [3.8, 4) is 0 Å². The highest BCUT2D eigenvalue weighted by Crippen LogP contribution is 2.45. The maximum absolute atomic E-state index is 12.4. The van der Waals surface area contributed by atoms with E-state index < -0.39 is 0 Å². The molecular weight excluding hydrogens is 333 g/mol. The molecule has 0 spiro atoms. The van der Waals surface area contributed by atoms with Gasteiger partial charge in [-0.1, -0.05) is 23.2 Å². The lowest BCUT2D eigenvalue weighted by Crippen LogP contribution is -2.16. The molecule has 1 heterocycles. The number of benzene rings is 1. The van der Waals surface area contributed by atoms with Crippen LogP contribution in [-0.4, -0.2) is 15.7 Å². The average molecular weight is 352 g/mol. The van der Waals surface area contributed by atoms with Crippen LogP contribution in [0.4, 0.5) is 5.82 Å². The smallest absolute Gasteiger partial charge is 0.230 e. The predicted octanol–water partition coefficient (Wildman–Crippen LogP) is 4.58. The lowest BCUT2D eigenvalue weighted by Gasteiger charge is -2.07. The standard InChI is InChI=1S/C17H19Cl2N3O/c1-3-22-10(2)16(11-4-5-11)17(21-22)20-15(23)9-12-8-13(18)6-7-14(12)19/h6-8,11H,3-5,9H2,1-2H3,(H,20,21,23). The van der Waals surface area contributed by atoms with Crippen molar-refractivity contribution < 1.29 is 4.79 Å². The molecule has 1 amide bonds. The van der Waals surface area contributed by atoms with Crippen LogP contribution in [0.3, 0.4) is 0 Å². The minimum Gasteiger partial charge on any atom is -0.309 e. The molecule has 1 fully saturated rings. The summed E-state index contributed by atoms with van der Waals surface area (Å²) in [4.78, 5) is 12.4. The van der Waals surface area contributed by atoms with Gasteiger partial charge in [-0.2, -0.15) is 5.10 Å². The van der Waals surface area contributed by atoms with Crippen molar-refractivity contribution in [2.75, 3.05) is 5.32 Å². The molecule has 0 saturated heterocycles. The summed E-state index contributed by atoms with van der Waals surface area (Å²) in [5.41, 5.74) is 3.04. The van der Waals surface area contributed by atoms with Crippen LogP contribution in [-0.2, 0) is 17.8 Å². The van der Waals surface area contributed by atoms with Gasteiger partial charge < -0.3 is 5.32 Å². The Morgan fingerprint density at radius 2 is 2.13 bits per heavy atom. The van der Waals surface area contributed by atoms with Crippen molar-refractivity contribution in [3.05, 3.63) is 45.1 Å². The van der Waals surface area contributed by atoms with Crippen molar-refractivity contribution in [1.82, 2.24) is 9.78 Å². The van der Waals surface area contributed by atoms with E-state index in [2.05, 4.69) is 17.3 Å². The first kappa shape index (κ1) is 16.3. The molecule has 1 N–H and O–H groups in total. The number of nitrogens with one attached hydrogen (secondary N) is 1. The first-order valence-electron chi connectivity index (χ1n) is 7.80. The Morgan fingerprint density at radius 3 is 2.78 bits per heavy atom. The zero-order valence-electron chi connectivity index (χ0n) is 13.2. The van der Waals surface area contributed by atoms with Crippen molar-refractivity contribution in [2.24, 2.45) is 0 Å². The number of carbonyl (C=O) groups is 1. The third kappa shape index (κ3) is 3.54. The molecule has 6 heteroatoms. The number of aromatic nitrogens is 2. The Labute approximate surface area is 145 Å². The van der Waals surface area contributed by atoms with Crippen molar-refractivity contribution in [1.29, 1.82) is 0 Å². The Balaban J connectivity index is 1.79. The summed E-state index contributed by atoms with van der Waals surface area (Å²) < 4.78 is 1.94. The van der Waals surface area contributed by atoms with Gasteiger partial charge in [0.05, 0.1) is 6.42 Å². The summed E-state index contributed by atoms with van der Waals surface area (Å²) in [6, 6.07) is 5.14. The Bertz CT molecular complexity index is 751. The molecule has 1 saturated carbocycles. The maximum atomic E-state index is 12.4. The Kier molecular flexibility index (Phi) is 4.64. The van der Waals surface area contributed by atoms with E-state index in [1.165, 1.54) is 18.4 Å². The largest absolute Gasteiger partial charge is 0.309 e. The zero-order valence-corrected chi connectivity index (χ0v) is 14.7. The van der Waals surface area contributed by atoms with Gasteiger partial charge in [-0.15, -0.1) is 0 Å². The molecule has 0 aliphatic heterocycles. The second-order valence-electron chi connectivity index (χ2n) is 5.90. The number of nitrogens with zero attached hydrogens (tertiary/aromatic N) is 2. The number of hydrogen-bond donors (Lipinski definition) is 1. The van der Waals surface area contributed by atoms with E-state index in [0.29, 0.717) is 21.8 Å². The number of amides is 1. The molecule has 122 valence electrons. The van der Waals surface area contributed by atoms with Crippen LogP contribution >= 0.6 is 23.2 Å². The van der Waals surface area contributed by atoms with Gasteiger partial charge in [0.25, 0.3) is 0 Å². The molecule has 1 aliphatic rings. The maximum Gasteiger partial charge on any atom is 0.230 e. The number of anilines is 1. The summed E-state index contributed by atoms with van der Waals surface area (Å²) in [5, 5.41) is 8.60. The van der Waals surface area contributed by atoms with Crippen LogP contribution < -0.4 is 5.32 Å². The highest BCUT2D eigenvalue weighted by Gasteiger charge is 2.31. The van der Waals surface area contributed by atoms with E-state index in [1.807, 2.05) is 11.6 Å². The first-order valence-corrected chi connectivity index (χ1v) is 8.56. The zero-order chi connectivity index (χ0) is 16.6. The SMILES string of the molecule is CCn1nc(NC(=O)Cc2cc(Cl)ccc2Cl)c(C2CC2)c1C. The van der Waals surface area contributed by atoms with E-state index in [-0.39, 0.29) is 12.3 Å². The summed E-state index contributed by atoms with van der Waals surface area (Å²) in [5.74, 6) is 1.09. The van der Waals surface area contributed by atoms with Crippen molar-refractivity contribution in [2.45, 2.75) is 45.6 Å². The number of aryl methyl sites for hydroxylation is 1. The highest BCUT2D eigenvalue weighted by molar-refractivity contribution is 6.33. The fourth-order valence-electron chi connectivity index (χ4n) is 2.85. The summed E-state index contributed by atoms with van der Waals surface area (Å²) >= 11 is 12.1. The number of rotatable bonds is 5. The molecule has 1 aromatic heterocycles. The van der Waals surface area contributed by atoms with E-state index in [0.717, 1.165) is 17.8 Å². The minimum atomic E-state index is -0.128. The fourth-order valence-corrected chi connectivity index (χ4v) is 3.23. The molecule has 1 aromatic carbocycles. The monoisotopic (exact) mass is 351 g/mol. The van der Waals surface area contributed by atoms with Crippen LogP contribution in [0.25, 0.3) is 0 Å². The molecule has 0 bridgehead atoms. The summed E-state index contributed by atoms with van der Waals surface area (Å²) in [6.07, 6.45) is 2.51. The third-order valence-electron chi connectivity index (χ3n) is 4.15. The lowest BCUT2D eigenvalue weighted by molar-refractivity contribution is -0.115. The van der Waals surface area contributed by atoms with Crippen LogP contribution in [0.2, 0.25) is 10.0 Å². The molecule has 2 aromatic rings. The van der Waals surface area contributed by atoms with Gasteiger partial charge >= 0.3 is 0 Å². The minimum absolute atomic E-state index is 0.128. The van der Waals surface area contributed by atoms with E-state index >= 15 is 0 Å². The molecule has 3 rings (SSSR count). The van der Waals surface area contributed by atoms with E-state index in [1.54, 1.807) is 18.2 Å². The van der Waals surface area contributed by atoms with Gasteiger partial charge in [-0.3, -0.25) is 9.48 Å². The topological polar surface area (TPSA) is 46.9 Å². The third-order valence-corrected chi connectivity index (χ3v) is 4.76. The van der Waals surface area contributed by atoms with Gasteiger partial charge in [0.15, 0.2) is 5.82 Å². The number of carbonyl (C=O) groups excluding carboxylic acids is 1. The van der Waals surface area contributed by atoms with Gasteiger partial charge in [0.1, 0.15) is 0 Å². The number of hydrogen-bond acceptors (Lipinski definition) is 2. The quantitative estimate of drug-likeness (QED) is 0.856. The van der Waals surface area contributed by atoms with Crippen LogP contribution in [0.1, 0.15) is 42.5 Å². The summed E-state index contributed by atoms with van der Waals surface area (Å²) in [6.45, 7) is 4.91. The second kappa shape index (κ2) is 6.54. The molecule has 23 heavy (non-hydrogen) atoms. The van der Waals surface area contributed by atoms with Gasteiger partial charge in [-0.25, -0.2) is 0 Å². The number of halogens is 2. The molecule has 4 nitrogen and oxygen atoms in total. The van der Waals surface area contributed by atoms with Crippen molar-refractivity contribution in [3.63, 3.8) is 0 Å². The predicted molar refractivity (Wildman–Crippen MR) is 93.4 cm³/mol. The Morgan fingerprint density at radius 1 is 1.39 bits per heavy atom. The Hall–Kier alpha value is -1.52. The molecular formula is C17H19Cl2N3O. The van der Waals surface area contributed by atoms with E-state index in [4.69, 9.17) is 23.2 Å². The molecule has 0 atom stereocenters. The van der Waals surface area contributed by atoms with Crippen LogP contribution in [0, 0.1) is 6.92 Å². The fraction of sp³-hybridized carbons (Fsp3) is 0.412. The van der Waals surface area contributed by atoms with Gasteiger partial charge in [-0.05, 0) is 56.4 Å². The highest BCUT2D eigenvalue weighted by atomic mass is 35.5. The average Bonchev–Trinajstić information content (AvgIpc) is 3.28. The van der Waals surface area contributed by atoms with Crippen molar-refractivity contribution >= 4 is 34.9 Å². The normalized spacial score (nSPS) is 14.1. The van der Waals surface area contributed by atoms with Gasteiger partial charge in [0.2, 0.25) is 5.91 Å². The summed E-state index contributed by atoms with van der Waals surface area (Å²) in [7, 11) is 0. The van der Waals surface area contributed by atoms with E-state index in [9.17, 15) is 4.79 Å². The van der Waals surface area contributed by atoms with Gasteiger partial charge in [0, 0.05) is 27.8 Å². The molecule has 1 aliphatic carbocycles. The van der Waals surface area contributed by atoms with Crippen LogP contribution in [0.5, 0.6) is 0 Å². The van der Waals surface area contributed by atoms with Crippen LogP contribution in [0.15, 0.2) is 18.2 Å². The molecule has 0 unspecified atom stereocenters.